The van der Waals surface area contributed by atoms with Gasteiger partial charge in [-0.25, -0.2) is 4.98 Å². The SMILES string of the molecule is Nc1ccc(CS(=O)[O-])cn1. The minimum atomic E-state index is -2.05. The van der Waals surface area contributed by atoms with Crippen LogP contribution in [-0.4, -0.2) is 13.7 Å². The molecule has 2 N–H and O–H groups in total. The van der Waals surface area contributed by atoms with Gasteiger partial charge in [-0.05, 0) is 11.6 Å². The zero-order chi connectivity index (χ0) is 8.27. The summed E-state index contributed by atoms with van der Waals surface area (Å²) in [5, 5.41) is 0. The maximum atomic E-state index is 10.2. The van der Waals surface area contributed by atoms with E-state index in [1.165, 1.54) is 6.20 Å². The molecule has 0 aliphatic carbocycles. The Bertz CT molecular complexity index is 260. The lowest BCUT2D eigenvalue weighted by Gasteiger charge is -2.03. The third-order valence-electron chi connectivity index (χ3n) is 1.13. The number of rotatable bonds is 2. The van der Waals surface area contributed by atoms with Crippen molar-refractivity contribution in [3.8, 4) is 0 Å². The highest BCUT2D eigenvalue weighted by Crippen LogP contribution is 2.02. The predicted octanol–water partition coefficient (Wildman–Crippen LogP) is 0.0429. The van der Waals surface area contributed by atoms with E-state index >= 15 is 0 Å². The Hall–Kier alpha value is -0.940. The summed E-state index contributed by atoms with van der Waals surface area (Å²) in [6, 6.07) is 3.21. The second-order valence-electron chi connectivity index (χ2n) is 2.04. The van der Waals surface area contributed by atoms with E-state index in [1.807, 2.05) is 0 Å². The summed E-state index contributed by atoms with van der Waals surface area (Å²) < 4.78 is 20.4. The van der Waals surface area contributed by atoms with Crippen molar-refractivity contribution in [2.24, 2.45) is 0 Å². The molecule has 1 unspecified atom stereocenters. The molecule has 1 aromatic heterocycles. The van der Waals surface area contributed by atoms with Crippen molar-refractivity contribution in [3.05, 3.63) is 23.9 Å². The van der Waals surface area contributed by atoms with Gasteiger partial charge in [-0.2, -0.15) is 0 Å². The summed E-state index contributed by atoms with van der Waals surface area (Å²) in [5.74, 6) is 0.387. The van der Waals surface area contributed by atoms with E-state index < -0.39 is 11.1 Å². The summed E-state index contributed by atoms with van der Waals surface area (Å²) in [5.41, 5.74) is 5.94. The van der Waals surface area contributed by atoms with Crippen LogP contribution in [0.2, 0.25) is 0 Å². The molecule has 1 rings (SSSR count). The Morgan fingerprint density at radius 1 is 1.64 bits per heavy atom. The number of pyridine rings is 1. The lowest BCUT2D eigenvalue weighted by molar-refractivity contribution is 0.536. The molecule has 0 saturated carbocycles. The van der Waals surface area contributed by atoms with Crippen molar-refractivity contribution in [1.82, 2.24) is 4.98 Å². The predicted molar refractivity (Wildman–Crippen MR) is 41.3 cm³/mol. The zero-order valence-corrected chi connectivity index (χ0v) is 6.50. The van der Waals surface area contributed by atoms with Crippen LogP contribution in [-0.2, 0) is 16.8 Å². The molecule has 0 amide bonds. The molecule has 0 spiro atoms. The zero-order valence-electron chi connectivity index (χ0n) is 5.69. The summed E-state index contributed by atoms with van der Waals surface area (Å²) in [4.78, 5) is 3.74. The lowest BCUT2D eigenvalue weighted by atomic mass is 10.3. The number of aromatic nitrogens is 1. The van der Waals surface area contributed by atoms with Crippen LogP contribution < -0.4 is 5.73 Å². The minimum Gasteiger partial charge on any atom is -0.772 e. The molecule has 5 heteroatoms. The second-order valence-corrected chi connectivity index (χ2v) is 2.94. The van der Waals surface area contributed by atoms with Crippen LogP contribution in [0.15, 0.2) is 18.3 Å². The minimum absolute atomic E-state index is 0.00667. The third kappa shape index (κ3) is 2.65. The van der Waals surface area contributed by atoms with E-state index in [0.29, 0.717) is 11.4 Å². The normalized spacial score (nSPS) is 12.8. The van der Waals surface area contributed by atoms with Crippen molar-refractivity contribution in [2.45, 2.75) is 5.75 Å². The number of anilines is 1. The highest BCUT2D eigenvalue weighted by molar-refractivity contribution is 7.78. The van der Waals surface area contributed by atoms with Crippen LogP contribution in [0.25, 0.3) is 0 Å². The molecule has 0 aliphatic heterocycles. The van der Waals surface area contributed by atoms with Gasteiger partial charge in [0, 0.05) is 11.9 Å². The molecule has 1 heterocycles. The summed E-state index contributed by atoms with van der Waals surface area (Å²) in [6.45, 7) is 0. The van der Waals surface area contributed by atoms with E-state index in [0.717, 1.165) is 0 Å². The topological polar surface area (TPSA) is 79.0 Å². The maximum absolute atomic E-state index is 10.2. The van der Waals surface area contributed by atoms with Crippen LogP contribution >= 0.6 is 0 Å². The monoisotopic (exact) mass is 171 g/mol. The van der Waals surface area contributed by atoms with Gasteiger partial charge < -0.3 is 10.3 Å². The summed E-state index contributed by atoms with van der Waals surface area (Å²) in [7, 11) is 0. The molecular weight excluding hydrogens is 164 g/mol. The molecule has 0 bridgehead atoms. The first-order chi connectivity index (χ1) is 5.18. The fourth-order valence-electron chi connectivity index (χ4n) is 0.657. The van der Waals surface area contributed by atoms with Gasteiger partial charge in [-0.3, -0.25) is 4.21 Å². The molecule has 0 fully saturated rings. The number of hydrogen-bond acceptors (Lipinski definition) is 4. The van der Waals surface area contributed by atoms with Crippen molar-refractivity contribution < 1.29 is 8.76 Å². The molecule has 1 atom stereocenters. The summed E-state index contributed by atoms with van der Waals surface area (Å²) >= 11 is -2.05. The van der Waals surface area contributed by atoms with E-state index in [9.17, 15) is 8.76 Å². The fourth-order valence-corrected chi connectivity index (χ4v) is 1.10. The van der Waals surface area contributed by atoms with E-state index in [1.54, 1.807) is 12.1 Å². The van der Waals surface area contributed by atoms with Gasteiger partial charge in [0.25, 0.3) is 0 Å². The van der Waals surface area contributed by atoms with Gasteiger partial charge >= 0.3 is 0 Å². The van der Waals surface area contributed by atoms with E-state index in [4.69, 9.17) is 5.73 Å². The van der Waals surface area contributed by atoms with Gasteiger partial charge in [0.05, 0.1) is 0 Å². The molecule has 1 aromatic rings. The van der Waals surface area contributed by atoms with Crippen molar-refractivity contribution in [2.75, 3.05) is 5.73 Å². The molecule has 0 radical (unpaired) electrons. The highest BCUT2D eigenvalue weighted by Gasteiger charge is 1.91. The van der Waals surface area contributed by atoms with Crippen LogP contribution in [0.3, 0.4) is 0 Å². The lowest BCUT2D eigenvalue weighted by Crippen LogP contribution is -1.95. The molecule has 0 aliphatic rings. The quantitative estimate of drug-likeness (QED) is 0.637. The number of nitrogens with two attached hydrogens (primary N) is 1. The fraction of sp³-hybridized carbons (Fsp3) is 0.167. The first-order valence-electron chi connectivity index (χ1n) is 2.95. The molecule has 0 saturated heterocycles. The summed E-state index contributed by atoms with van der Waals surface area (Å²) in [6.07, 6.45) is 1.45. The molecule has 0 aromatic carbocycles. The van der Waals surface area contributed by atoms with Gasteiger partial charge in [-0.15, -0.1) is 0 Å². The van der Waals surface area contributed by atoms with Crippen molar-refractivity contribution >= 4 is 16.9 Å². The van der Waals surface area contributed by atoms with Gasteiger partial charge in [0.2, 0.25) is 0 Å². The Labute approximate surface area is 66.7 Å². The average molecular weight is 171 g/mol. The number of hydrogen-bond donors (Lipinski definition) is 1. The third-order valence-corrected chi connectivity index (χ3v) is 1.70. The number of nitrogens with zero attached hydrogens (tertiary/aromatic N) is 1. The Kier molecular flexibility index (Phi) is 2.56. The number of nitrogen functional groups attached to an aromatic ring is 1. The van der Waals surface area contributed by atoms with Crippen LogP contribution in [0.1, 0.15) is 5.56 Å². The molecule has 60 valence electrons. The van der Waals surface area contributed by atoms with Crippen molar-refractivity contribution in [1.29, 1.82) is 0 Å². The van der Waals surface area contributed by atoms with Gasteiger partial charge in [0.15, 0.2) is 0 Å². The van der Waals surface area contributed by atoms with Gasteiger partial charge in [0.1, 0.15) is 5.82 Å². The Morgan fingerprint density at radius 2 is 2.36 bits per heavy atom. The Balaban J connectivity index is 2.74. The molecule has 4 nitrogen and oxygen atoms in total. The van der Waals surface area contributed by atoms with E-state index in [2.05, 4.69) is 4.98 Å². The second kappa shape index (κ2) is 3.45. The molecule has 11 heavy (non-hydrogen) atoms. The van der Waals surface area contributed by atoms with Crippen LogP contribution in [0.4, 0.5) is 5.82 Å². The van der Waals surface area contributed by atoms with Crippen molar-refractivity contribution in [3.63, 3.8) is 0 Å². The maximum Gasteiger partial charge on any atom is 0.123 e. The highest BCUT2D eigenvalue weighted by atomic mass is 32.2. The molecular formula is C6H7N2O2S-. The van der Waals surface area contributed by atoms with Gasteiger partial charge in [-0.1, -0.05) is 17.1 Å². The average Bonchev–Trinajstić information content (AvgIpc) is 1.93. The first-order valence-corrected chi connectivity index (χ1v) is 4.19. The first kappa shape index (κ1) is 8.16. The Morgan fingerprint density at radius 3 is 2.82 bits per heavy atom. The van der Waals surface area contributed by atoms with Crippen LogP contribution in [0.5, 0.6) is 0 Å². The standard InChI is InChI=1S/C6H8N2O2S/c7-6-2-1-5(3-8-6)4-11(9)10/h1-3H,4H2,(H2,7,8)(H,9,10)/p-1. The van der Waals surface area contributed by atoms with E-state index in [-0.39, 0.29) is 5.75 Å². The smallest absolute Gasteiger partial charge is 0.123 e. The van der Waals surface area contributed by atoms with Crippen LogP contribution in [0, 0.1) is 0 Å². The largest absolute Gasteiger partial charge is 0.772 e.